The molecular formula is C22H24F2N2O6S. The Bertz CT molecular complexity index is 1070. The molecule has 2 aromatic rings. The standard InChI is InChI=1S/C22H24F2N2O6S/c1-3-26(4-2)33(29,30)19-12-5-16(6-13-19)7-14-21(28)31-15-20(27)25-17-8-10-18(11-9-17)32-22(23)24/h5-14,22H,3-4,15H2,1-2H3,(H,25,27)/b14-7+. The Morgan fingerprint density at radius 2 is 1.64 bits per heavy atom. The molecule has 1 amide bonds. The van der Waals surface area contributed by atoms with E-state index in [1.165, 1.54) is 46.8 Å². The zero-order valence-electron chi connectivity index (χ0n) is 18.0. The van der Waals surface area contributed by atoms with Crippen LogP contribution in [0.5, 0.6) is 5.75 Å². The molecule has 0 unspecified atom stereocenters. The van der Waals surface area contributed by atoms with Crippen molar-refractivity contribution in [3.63, 3.8) is 0 Å². The molecule has 0 aromatic heterocycles. The first-order valence-electron chi connectivity index (χ1n) is 9.95. The van der Waals surface area contributed by atoms with E-state index in [4.69, 9.17) is 4.74 Å². The van der Waals surface area contributed by atoms with E-state index in [2.05, 4.69) is 10.1 Å². The number of sulfonamides is 1. The van der Waals surface area contributed by atoms with Crippen molar-refractivity contribution in [3.8, 4) is 5.75 Å². The molecule has 0 bridgehead atoms. The molecule has 0 aliphatic carbocycles. The van der Waals surface area contributed by atoms with E-state index in [9.17, 15) is 26.8 Å². The third kappa shape index (κ3) is 7.95. The van der Waals surface area contributed by atoms with Gasteiger partial charge in [-0.05, 0) is 48.0 Å². The van der Waals surface area contributed by atoms with Gasteiger partial charge in [0.15, 0.2) is 6.61 Å². The number of esters is 1. The van der Waals surface area contributed by atoms with Crippen molar-refractivity contribution in [3.05, 3.63) is 60.2 Å². The van der Waals surface area contributed by atoms with Crippen molar-refractivity contribution >= 4 is 33.7 Å². The Morgan fingerprint density at radius 1 is 1.03 bits per heavy atom. The third-order valence-corrected chi connectivity index (χ3v) is 6.41. The van der Waals surface area contributed by atoms with E-state index in [-0.39, 0.29) is 10.6 Å². The quantitative estimate of drug-likeness (QED) is 0.389. The number of rotatable bonds is 11. The lowest BCUT2D eigenvalue weighted by Crippen LogP contribution is -2.30. The van der Waals surface area contributed by atoms with Gasteiger partial charge in [-0.3, -0.25) is 4.79 Å². The summed E-state index contributed by atoms with van der Waals surface area (Å²) in [7, 11) is -3.57. The minimum atomic E-state index is -3.57. The molecule has 0 radical (unpaired) electrons. The van der Waals surface area contributed by atoms with Gasteiger partial charge in [0, 0.05) is 24.9 Å². The van der Waals surface area contributed by atoms with Crippen molar-refractivity contribution < 1.29 is 36.3 Å². The summed E-state index contributed by atoms with van der Waals surface area (Å²) in [6.07, 6.45) is 2.54. The van der Waals surface area contributed by atoms with Crippen LogP contribution in [0, 0.1) is 0 Å². The second kappa shape index (κ2) is 12.1. The fraction of sp³-hybridized carbons (Fsp3) is 0.273. The zero-order chi connectivity index (χ0) is 24.4. The summed E-state index contributed by atoms with van der Waals surface area (Å²) in [5.74, 6) is -1.45. The van der Waals surface area contributed by atoms with E-state index < -0.39 is 35.1 Å². The number of alkyl halides is 2. The average molecular weight is 483 g/mol. The molecule has 0 saturated heterocycles. The lowest BCUT2D eigenvalue weighted by Gasteiger charge is -2.18. The second-order valence-corrected chi connectivity index (χ2v) is 8.49. The van der Waals surface area contributed by atoms with Gasteiger partial charge < -0.3 is 14.8 Å². The molecule has 178 valence electrons. The van der Waals surface area contributed by atoms with Gasteiger partial charge in [-0.1, -0.05) is 26.0 Å². The van der Waals surface area contributed by atoms with Crippen LogP contribution in [0.2, 0.25) is 0 Å². The molecule has 2 rings (SSSR count). The van der Waals surface area contributed by atoms with Crippen LogP contribution in [-0.2, 0) is 24.3 Å². The van der Waals surface area contributed by atoms with Crippen LogP contribution in [0.1, 0.15) is 19.4 Å². The molecule has 33 heavy (non-hydrogen) atoms. The molecule has 0 heterocycles. The van der Waals surface area contributed by atoms with Crippen LogP contribution in [0.4, 0.5) is 14.5 Å². The van der Waals surface area contributed by atoms with Gasteiger partial charge >= 0.3 is 12.6 Å². The molecule has 8 nitrogen and oxygen atoms in total. The molecule has 0 spiro atoms. The SMILES string of the molecule is CCN(CC)S(=O)(=O)c1ccc(/C=C/C(=O)OCC(=O)Nc2ccc(OC(F)F)cc2)cc1. The molecule has 0 fully saturated rings. The Hall–Kier alpha value is -3.31. The number of benzene rings is 2. The number of anilines is 1. The molecule has 0 saturated carbocycles. The van der Waals surface area contributed by atoms with E-state index in [0.29, 0.717) is 24.3 Å². The lowest BCUT2D eigenvalue weighted by molar-refractivity contribution is -0.142. The fourth-order valence-corrected chi connectivity index (χ4v) is 4.19. The van der Waals surface area contributed by atoms with Crippen LogP contribution in [-0.4, -0.2) is 50.9 Å². The molecule has 11 heteroatoms. The minimum Gasteiger partial charge on any atom is -0.452 e. The number of hydrogen-bond donors (Lipinski definition) is 1. The highest BCUT2D eigenvalue weighted by Gasteiger charge is 2.20. The first-order valence-corrected chi connectivity index (χ1v) is 11.4. The maximum absolute atomic E-state index is 12.5. The van der Waals surface area contributed by atoms with Gasteiger partial charge in [0.05, 0.1) is 4.90 Å². The summed E-state index contributed by atoms with van der Waals surface area (Å²) in [4.78, 5) is 23.8. The van der Waals surface area contributed by atoms with Crippen molar-refractivity contribution in [1.82, 2.24) is 4.31 Å². The minimum absolute atomic E-state index is 0.0572. The van der Waals surface area contributed by atoms with Crippen LogP contribution in [0.15, 0.2) is 59.5 Å². The fourth-order valence-electron chi connectivity index (χ4n) is 2.73. The highest BCUT2D eigenvalue weighted by molar-refractivity contribution is 7.89. The van der Waals surface area contributed by atoms with Crippen molar-refractivity contribution in [1.29, 1.82) is 0 Å². The van der Waals surface area contributed by atoms with Crippen molar-refractivity contribution in [2.45, 2.75) is 25.4 Å². The van der Waals surface area contributed by atoms with Gasteiger partial charge in [0.1, 0.15) is 5.75 Å². The van der Waals surface area contributed by atoms with E-state index in [0.717, 1.165) is 6.08 Å². The van der Waals surface area contributed by atoms with Crippen LogP contribution < -0.4 is 10.1 Å². The van der Waals surface area contributed by atoms with Gasteiger partial charge in [0.2, 0.25) is 10.0 Å². The van der Waals surface area contributed by atoms with Crippen LogP contribution in [0.3, 0.4) is 0 Å². The molecule has 2 aromatic carbocycles. The summed E-state index contributed by atoms with van der Waals surface area (Å²) >= 11 is 0. The van der Waals surface area contributed by atoms with E-state index >= 15 is 0 Å². The Morgan fingerprint density at radius 3 is 2.18 bits per heavy atom. The lowest BCUT2D eigenvalue weighted by atomic mass is 10.2. The molecular weight excluding hydrogens is 458 g/mol. The zero-order valence-corrected chi connectivity index (χ0v) is 18.8. The summed E-state index contributed by atoms with van der Waals surface area (Å²) in [6, 6.07) is 11.2. The van der Waals surface area contributed by atoms with Crippen LogP contribution in [0.25, 0.3) is 6.08 Å². The number of carbonyl (C=O) groups is 2. The summed E-state index contributed by atoms with van der Waals surface area (Å²) in [6.45, 7) is 0.726. The Labute approximate surface area is 190 Å². The molecule has 0 aliphatic heterocycles. The largest absolute Gasteiger partial charge is 0.452 e. The highest BCUT2D eigenvalue weighted by Crippen LogP contribution is 2.18. The number of halogens is 2. The number of amides is 1. The first kappa shape index (κ1) is 25.9. The number of nitrogens with zero attached hydrogens (tertiary/aromatic N) is 1. The van der Waals surface area contributed by atoms with Crippen LogP contribution >= 0.6 is 0 Å². The predicted molar refractivity (Wildman–Crippen MR) is 118 cm³/mol. The topological polar surface area (TPSA) is 102 Å². The maximum Gasteiger partial charge on any atom is 0.387 e. The number of ether oxygens (including phenoxy) is 2. The number of hydrogen-bond acceptors (Lipinski definition) is 6. The van der Waals surface area contributed by atoms with E-state index in [1.807, 2.05) is 0 Å². The first-order chi connectivity index (χ1) is 15.6. The Kier molecular flexibility index (Phi) is 9.49. The normalized spacial score (nSPS) is 11.7. The van der Waals surface area contributed by atoms with Crippen molar-refractivity contribution in [2.75, 3.05) is 25.0 Å². The predicted octanol–water partition coefficient (Wildman–Crippen LogP) is 3.51. The van der Waals surface area contributed by atoms with E-state index in [1.54, 1.807) is 26.0 Å². The number of nitrogens with one attached hydrogen (secondary N) is 1. The molecule has 0 atom stereocenters. The van der Waals surface area contributed by atoms with Gasteiger partial charge in [-0.2, -0.15) is 13.1 Å². The number of carbonyl (C=O) groups excluding carboxylic acids is 2. The van der Waals surface area contributed by atoms with Gasteiger partial charge in [-0.25, -0.2) is 13.2 Å². The smallest absolute Gasteiger partial charge is 0.387 e. The Balaban J connectivity index is 1.85. The monoisotopic (exact) mass is 482 g/mol. The van der Waals surface area contributed by atoms with Gasteiger partial charge in [-0.15, -0.1) is 0 Å². The molecule has 1 N–H and O–H groups in total. The third-order valence-electron chi connectivity index (χ3n) is 4.34. The average Bonchev–Trinajstić information content (AvgIpc) is 2.78. The highest BCUT2D eigenvalue weighted by atomic mass is 32.2. The van der Waals surface area contributed by atoms with Gasteiger partial charge in [0.25, 0.3) is 5.91 Å². The maximum atomic E-state index is 12.5. The summed E-state index contributed by atoms with van der Waals surface area (Å²) in [5.41, 5.74) is 0.883. The summed E-state index contributed by atoms with van der Waals surface area (Å²) < 4.78 is 59.6. The molecule has 0 aliphatic rings. The van der Waals surface area contributed by atoms with Crippen molar-refractivity contribution in [2.24, 2.45) is 0 Å². The summed E-state index contributed by atoms with van der Waals surface area (Å²) in [5, 5.41) is 2.45. The second-order valence-electron chi connectivity index (χ2n) is 6.55.